The van der Waals surface area contributed by atoms with Crippen LogP contribution in [0.1, 0.15) is 70.4 Å². The largest absolute Gasteiger partial charge is 0.463 e. The van der Waals surface area contributed by atoms with E-state index in [1.165, 1.54) is 19.3 Å². The normalized spacial score (nSPS) is 13.1. The third kappa shape index (κ3) is 6.41. The summed E-state index contributed by atoms with van der Waals surface area (Å²) in [5.74, 6) is -0.400. The molecular weight excluding hydrogens is 374 g/mol. The molecule has 0 amide bonds. The van der Waals surface area contributed by atoms with Crippen LogP contribution in [0.3, 0.4) is 0 Å². The molecule has 0 aliphatic rings. The van der Waals surface area contributed by atoms with Gasteiger partial charge in [-0.3, -0.25) is 0 Å². The van der Waals surface area contributed by atoms with Crippen molar-refractivity contribution >= 4 is 5.97 Å². The van der Waals surface area contributed by atoms with E-state index >= 15 is 0 Å². The van der Waals surface area contributed by atoms with Crippen molar-refractivity contribution in [3.8, 4) is 0 Å². The average molecular weight is 412 g/mol. The molecule has 1 atom stereocenters. The number of esters is 1. The Labute approximate surface area is 181 Å². The fraction of sp³-hybridized carbons (Fsp3) is 0.500. The number of carbonyl (C=O) groups excluding carboxylic acids is 1. The van der Waals surface area contributed by atoms with Gasteiger partial charge in [-0.15, -0.1) is 0 Å². The third-order valence-electron chi connectivity index (χ3n) is 5.84. The van der Waals surface area contributed by atoms with E-state index in [1.807, 2.05) is 26.0 Å². The number of nitrogens with two attached hydrogens (primary N) is 1. The van der Waals surface area contributed by atoms with Crippen molar-refractivity contribution in [2.45, 2.75) is 70.4 Å². The van der Waals surface area contributed by atoms with Gasteiger partial charge in [-0.05, 0) is 43.7 Å². The van der Waals surface area contributed by atoms with Gasteiger partial charge in [0.2, 0.25) is 5.60 Å². The summed E-state index contributed by atoms with van der Waals surface area (Å²) in [4.78, 5) is 13.1. The molecule has 3 N–H and O–H groups in total. The molecule has 0 saturated carbocycles. The summed E-state index contributed by atoms with van der Waals surface area (Å²) in [6, 6.07) is 17.9. The Kier molecular flexibility index (Phi) is 9.07. The monoisotopic (exact) mass is 411 g/mol. The standard InChI is InChI=1S/C26H37NO3/c1-4-5-6-9-14-21(25(2,3)27)19-20-30-24(28)26(29,22-15-10-7-11-16-22)23-17-12-8-13-18-23/h7-8,10-13,15-18,21,29H,4-6,9,14,19-20,27H2,1-3H3. The van der Waals surface area contributed by atoms with Gasteiger partial charge in [-0.2, -0.15) is 0 Å². The highest BCUT2D eigenvalue weighted by Gasteiger charge is 2.41. The SMILES string of the molecule is CCCCCCC(CCOC(=O)C(O)(c1ccccc1)c1ccccc1)C(C)(C)N. The van der Waals surface area contributed by atoms with Gasteiger partial charge < -0.3 is 15.6 Å². The highest BCUT2D eigenvalue weighted by Crippen LogP contribution is 2.31. The fourth-order valence-corrected chi connectivity index (χ4v) is 3.87. The molecule has 4 nitrogen and oxygen atoms in total. The molecule has 30 heavy (non-hydrogen) atoms. The van der Waals surface area contributed by atoms with Crippen molar-refractivity contribution in [1.29, 1.82) is 0 Å². The Bertz CT molecular complexity index is 713. The molecule has 0 heterocycles. The minimum Gasteiger partial charge on any atom is -0.463 e. The number of hydrogen-bond donors (Lipinski definition) is 2. The van der Waals surface area contributed by atoms with Gasteiger partial charge in [0.05, 0.1) is 6.61 Å². The van der Waals surface area contributed by atoms with E-state index in [0.29, 0.717) is 17.5 Å². The Balaban J connectivity index is 2.09. The Hall–Kier alpha value is -2.17. The smallest absolute Gasteiger partial charge is 0.347 e. The number of carbonyl (C=O) groups is 1. The molecule has 4 heteroatoms. The molecule has 0 fully saturated rings. The van der Waals surface area contributed by atoms with Crippen molar-refractivity contribution < 1.29 is 14.6 Å². The first-order valence-electron chi connectivity index (χ1n) is 11.1. The number of ether oxygens (including phenoxy) is 1. The van der Waals surface area contributed by atoms with Crippen LogP contribution in [-0.2, 0) is 15.1 Å². The lowest BCUT2D eigenvalue weighted by Gasteiger charge is -2.31. The number of unbranched alkanes of at least 4 members (excludes halogenated alkanes) is 3. The maximum absolute atomic E-state index is 13.1. The first kappa shape index (κ1) is 24.1. The summed E-state index contributed by atoms with van der Waals surface area (Å²) in [7, 11) is 0. The highest BCUT2D eigenvalue weighted by atomic mass is 16.5. The van der Waals surface area contributed by atoms with Gasteiger partial charge in [-0.25, -0.2) is 4.79 Å². The predicted molar refractivity (Wildman–Crippen MR) is 122 cm³/mol. The molecule has 0 radical (unpaired) electrons. The summed E-state index contributed by atoms with van der Waals surface area (Å²) >= 11 is 0. The van der Waals surface area contributed by atoms with E-state index in [9.17, 15) is 9.90 Å². The lowest BCUT2D eigenvalue weighted by atomic mass is 9.82. The molecule has 2 aromatic rings. The number of rotatable bonds is 12. The van der Waals surface area contributed by atoms with Gasteiger partial charge in [-0.1, -0.05) is 93.3 Å². The van der Waals surface area contributed by atoms with Crippen LogP contribution in [0.2, 0.25) is 0 Å². The second kappa shape index (κ2) is 11.3. The maximum atomic E-state index is 13.1. The Morgan fingerprint density at radius 2 is 1.47 bits per heavy atom. The summed E-state index contributed by atoms with van der Waals surface area (Å²) in [5.41, 5.74) is 5.21. The zero-order valence-electron chi connectivity index (χ0n) is 18.6. The summed E-state index contributed by atoms with van der Waals surface area (Å²) < 4.78 is 5.62. The van der Waals surface area contributed by atoms with Crippen LogP contribution in [0.4, 0.5) is 0 Å². The van der Waals surface area contributed by atoms with Gasteiger partial charge in [0.15, 0.2) is 0 Å². The minimum absolute atomic E-state index is 0.236. The van der Waals surface area contributed by atoms with E-state index in [4.69, 9.17) is 10.5 Å². The van der Waals surface area contributed by atoms with E-state index in [-0.39, 0.29) is 18.1 Å². The van der Waals surface area contributed by atoms with Crippen LogP contribution in [0.5, 0.6) is 0 Å². The zero-order chi connectivity index (χ0) is 22.0. The molecule has 0 aliphatic carbocycles. The molecular formula is C26H37NO3. The van der Waals surface area contributed by atoms with Crippen molar-refractivity contribution in [2.24, 2.45) is 11.7 Å². The van der Waals surface area contributed by atoms with Gasteiger partial charge in [0.1, 0.15) is 0 Å². The molecule has 2 aromatic carbocycles. The average Bonchev–Trinajstić information content (AvgIpc) is 2.75. The van der Waals surface area contributed by atoms with Gasteiger partial charge >= 0.3 is 5.97 Å². The quantitative estimate of drug-likeness (QED) is 0.373. The predicted octanol–water partition coefficient (Wildman–Crippen LogP) is 5.18. The van der Waals surface area contributed by atoms with Crippen LogP contribution in [0, 0.1) is 5.92 Å². The van der Waals surface area contributed by atoms with Crippen LogP contribution in [0.25, 0.3) is 0 Å². The van der Waals surface area contributed by atoms with Gasteiger partial charge in [0, 0.05) is 5.54 Å². The topological polar surface area (TPSA) is 72.5 Å². The summed E-state index contributed by atoms with van der Waals surface area (Å²) in [5, 5.41) is 11.4. The zero-order valence-corrected chi connectivity index (χ0v) is 18.6. The number of aliphatic hydroxyl groups is 1. The lowest BCUT2D eigenvalue weighted by molar-refractivity contribution is -0.162. The summed E-state index contributed by atoms with van der Waals surface area (Å²) in [6.07, 6.45) is 6.46. The van der Waals surface area contributed by atoms with E-state index in [1.54, 1.807) is 48.5 Å². The lowest BCUT2D eigenvalue weighted by Crippen LogP contribution is -2.42. The van der Waals surface area contributed by atoms with Crippen LogP contribution in [0.15, 0.2) is 60.7 Å². The van der Waals surface area contributed by atoms with Crippen molar-refractivity contribution in [3.05, 3.63) is 71.8 Å². The van der Waals surface area contributed by atoms with Crippen molar-refractivity contribution in [2.75, 3.05) is 6.61 Å². The summed E-state index contributed by atoms with van der Waals surface area (Å²) in [6.45, 7) is 6.50. The molecule has 0 aliphatic heterocycles. The Morgan fingerprint density at radius 1 is 0.933 bits per heavy atom. The van der Waals surface area contributed by atoms with Gasteiger partial charge in [0.25, 0.3) is 0 Å². The molecule has 0 aromatic heterocycles. The van der Waals surface area contributed by atoms with Crippen molar-refractivity contribution in [1.82, 2.24) is 0 Å². The second-order valence-electron chi connectivity index (χ2n) is 8.73. The molecule has 0 saturated heterocycles. The second-order valence-corrected chi connectivity index (χ2v) is 8.73. The number of hydrogen-bond acceptors (Lipinski definition) is 4. The van der Waals surface area contributed by atoms with Crippen LogP contribution < -0.4 is 5.73 Å². The van der Waals surface area contributed by atoms with E-state index in [0.717, 1.165) is 12.8 Å². The third-order valence-corrected chi connectivity index (χ3v) is 5.84. The van der Waals surface area contributed by atoms with Crippen molar-refractivity contribution in [3.63, 3.8) is 0 Å². The first-order valence-corrected chi connectivity index (χ1v) is 11.1. The van der Waals surface area contributed by atoms with Crippen LogP contribution in [-0.4, -0.2) is 23.2 Å². The molecule has 1 unspecified atom stereocenters. The van der Waals surface area contributed by atoms with E-state index < -0.39 is 11.6 Å². The molecule has 0 spiro atoms. The van der Waals surface area contributed by atoms with E-state index in [2.05, 4.69) is 6.92 Å². The Morgan fingerprint density at radius 3 is 1.93 bits per heavy atom. The molecule has 0 bridgehead atoms. The molecule has 2 rings (SSSR count). The fourth-order valence-electron chi connectivity index (χ4n) is 3.87. The first-order chi connectivity index (χ1) is 14.3. The number of benzene rings is 2. The van der Waals surface area contributed by atoms with Crippen LogP contribution >= 0.6 is 0 Å². The highest BCUT2D eigenvalue weighted by molar-refractivity contribution is 5.85. The minimum atomic E-state index is -1.84. The molecule has 164 valence electrons. The maximum Gasteiger partial charge on any atom is 0.347 e.